The van der Waals surface area contributed by atoms with Gasteiger partial charge in [0.1, 0.15) is 4.92 Å². The maximum absolute atomic E-state index is 12.3. The number of nitrogens with zero attached hydrogens (tertiary/aromatic N) is 5. The van der Waals surface area contributed by atoms with Gasteiger partial charge in [-0.25, -0.2) is 0 Å². The maximum atomic E-state index is 12.3. The van der Waals surface area contributed by atoms with E-state index >= 15 is 0 Å². The molecule has 10 nitrogen and oxygen atoms in total. The molecule has 1 saturated heterocycles. The molecule has 1 amide bonds. The molecular weight excluding hydrogens is 318 g/mol. The first-order valence-electron chi connectivity index (χ1n) is 7.24. The lowest BCUT2D eigenvalue weighted by atomic mass is 10.3. The Morgan fingerprint density at radius 2 is 1.96 bits per heavy atom. The molecule has 3 rings (SSSR count). The molecule has 0 atom stereocenters. The molecule has 0 radical (unpaired) electrons. The van der Waals surface area contributed by atoms with Crippen molar-refractivity contribution in [2.45, 2.75) is 0 Å². The van der Waals surface area contributed by atoms with Gasteiger partial charge in [-0.15, -0.1) is 10.2 Å². The van der Waals surface area contributed by atoms with Crippen molar-refractivity contribution in [2.24, 2.45) is 0 Å². The van der Waals surface area contributed by atoms with Crippen molar-refractivity contribution in [1.29, 1.82) is 0 Å². The summed E-state index contributed by atoms with van der Waals surface area (Å²) in [5.74, 6) is 0.317. The Hall–Kier alpha value is -3.17. The van der Waals surface area contributed by atoms with Gasteiger partial charge in [-0.3, -0.25) is 14.9 Å². The molecule has 0 N–H and O–H groups in total. The fraction of sp³-hybridized carbons (Fsp3) is 0.357. The van der Waals surface area contributed by atoms with Crippen LogP contribution in [0.3, 0.4) is 0 Å². The number of amides is 1. The quantitative estimate of drug-likeness (QED) is 0.600. The molecule has 0 unspecified atom stereocenters. The summed E-state index contributed by atoms with van der Waals surface area (Å²) in [6.07, 6.45) is 0. The van der Waals surface area contributed by atoms with Gasteiger partial charge >= 0.3 is 5.88 Å². The van der Waals surface area contributed by atoms with Crippen molar-refractivity contribution >= 4 is 17.6 Å². The second-order valence-electron chi connectivity index (χ2n) is 5.11. The number of carbonyl (C=O) groups excluding carboxylic acids is 1. The zero-order chi connectivity index (χ0) is 17.1. The fourth-order valence-corrected chi connectivity index (χ4v) is 2.43. The average molecular weight is 333 g/mol. The van der Waals surface area contributed by atoms with Crippen molar-refractivity contribution in [3.63, 3.8) is 0 Å². The summed E-state index contributed by atoms with van der Waals surface area (Å²) in [6, 6.07) is 6.03. The SMILES string of the molecule is COc1ccc(N2CCN(C(=O)c3ccc([N+](=O)[O-])o3)CC2)nn1. The Morgan fingerprint density at radius 3 is 2.50 bits per heavy atom. The number of carbonyl (C=O) groups is 1. The average Bonchev–Trinajstić information content (AvgIpc) is 3.12. The Labute approximate surface area is 136 Å². The van der Waals surface area contributed by atoms with Crippen molar-refractivity contribution in [2.75, 3.05) is 38.2 Å². The van der Waals surface area contributed by atoms with Crippen molar-refractivity contribution < 1.29 is 18.9 Å². The Kier molecular flexibility index (Phi) is 4.27. The van der Waals surface area contributed by atoms with Crippen molar-refractivity contribution in [3.05, 3.63) is 40.1 Å². The summed E-state index contributed by atoms with van der Waals surface area (Å²) in [5.41, 5.74) is 0. The van der Waals surface area contributed by atoms with Gasteiger partial charge in [0.2, 0.25) is 5.88 Å². The molecule has 126 valence electrons. The van der Waals surface area contributed by atoms with Crippen LogP contribution >= 0.6 is 0 Å². The van der Waals surface area contributed by atoms with Crippen molar-refractivity contribution in [1.82, 2.24) is 15.1 Å². The number of methoxy groups -OCH3 is 1. The van der Waals surface area contributed by atoms with Gasteiger partial charge in [-0.1, -0.05) is 0 Å². The van der Waals surface area contributed by atoms with Crippen LogP contribution in [-0.4, -0.2) is 59.2 Å². The van der Waals surface area contributed by atoms with Gasteiger partial charge in [-0.05, 0) is 12.1 Å². The van der Waals surface area contributed by atoms with Crippen LogP contribution in [0.5, 0.6) is 5.88 Å². The summed E-state index contributed by atoms with van der Waals surface area (Å²) >= 11 is 0. The van der Waals surface area contributed by atoms with E-state index in [0.717, 1.165) is 0 Å². The molecule has 0 aliphatic carbocycles. The van der Waals surface area contributed by atoms with Crippen molar-refractivity contribution in [3.8, 4) is 5.88 Å². The van der Waals surface area contributed by atoms with Crippen LogP contribution < -0.4 is 9.64 Å². The Morgan fingerprint density at radius 1 is 1.21 bits per heavy atom. The number of furan rings is 1. The first kappa shape index (κ1) is 15.7. The largest absolute Gasteiger partial charge is 0.480 e. The highest BCUT2D eigenvalue weighted by atomic mass is 16.6. The van der Waals surface area contributed by atoms with E-state index in [2.05, 4.69) is 10.2 Å². The first-order chi connectivity index (χ1) is 11.6. The Bertz CT molecular complexity index is 736. The van der Waals surface area contributed by atoms with E-state index in [1.807, 2.05) is 4.90 Å². The van der Waals surface area contributed by atoms with E-state index in [0.29, 0.717) is 37.9 Å². The van der Waals surface area contributed by atoms with Crippen LogP contribution in [0.25, 0.3) is 0 Å². The molecule has 1 aliphatic rings. The lowest BCUT2D eigenvalue weighted by Gasteiger charge is -2.34. The summed E-state index contributed by atoms with van der Waals surface area (Å²) in [7, 11) is 1.52. The highest BCUT2D eigenvalue weighted by Gasteiger charge is 2.26. The molecule has 24 heavy (non-hydrogen) atoms. The lowest BCUT2D eigenvalue weighted by Crippen LogP contribution is -2.49. The second kappa shape index (κ2) is 6.52. The summed E-state index contributed by atoms with van der Waals surface area (Å²) < 4.78 is 9.93. The maximum Gasteiger partial charge on any atom is 0.433 e. The smallest absolute Gasteiger partial charge is 0.433 e. The number of hydrogen-bond acceptors (Lipinski definition) is 8. The minimum atomic E-state index is -0.670. The minimum absolute atomic E-state index is 0.0283. The standard InChI is InChI=1S/C14H15N5O5/c1-23-12-4-3-11(15-16-12)17-6-8-18(9-7-17)14(20)10-2-5-13(24-10)19(21)22/h2-5H,6-9H2,1H3. The molecule has 0 bridgehead atoms. The molecule has 0 saturated carbocycles. The predicted molar refractivity (Wildman–Crippen MR) is 82.1 cm³/mol. The van der Waals surface area contributed by atoms with Crippen LogP contribution in [0.4, 0.5) is 11.7 Å². The van der Waals surface area contributed by atoms with Gasteiger partial charge in [0.15, 0.2) is 11.6 Å². The number of hydrogen-bond donors (Lipinski definition) is 0. The minimum Gasteiger partial charge on any atom is -0.480 e. The van der Waals surface area contributed by atoms with Crippen LogP contribution in [0.2, 0.25) is 0 Å². The van der Waals surface area contributed by atoms with Gasteiger partial charge < -0.3 is 19.0 Å². The highest BCUT2D eigenvalue weighted by Crippen LogP contribution is 2.19. The monoisotopic (exact) mass is 333 g/mol. The third kappa shape index (κ3) is 3.12. The number of aromatic nitrogens is 2. The zero-order valence-corrected chi connectivity index (χ0v) is 12.9. The number of anilines is 1. The zero-order valence-electron chi connectivity index (χ0n) is 12.9. The van der Waals surface area contributed by atoms with Gasteiger partial charge in [0.05, 0.1) is 13.2 Å². The predicted octanol–water partition coefficient (Wildman–Crippen LogP) is 0.949. The molecule has 2 aromatic rings. The first-order valence-corrected chi connectivity index (χ1v) is 7.24. The molecule has 1 aliphatic heterocycles. The summed E-state index contributed by atoms with van der Waals surface area (Å²) in [6.45, 7) is 2.08. The van der Waals surface area contributed by atoms with E-state index in [1.54, 1.807) is 17.0 Å². The molecule has 10 heteroatoms. The topological polar surface area (TPSA) is 115 Å². The molecule has 1 fully saturated rings. The van der Waals surface area contributed by atoms with E-state index < -0.39 is 10.8 Å². The van der Waals surface area contributed by atoms with Crippen LogP contribution in [-0.2, 0) is 0 Å². The number of piperazine rings is 1. The van der Waals surface area contributed by atoms with Gasteiger partial charge in [-0.2, -0.15) is 0 Å². The van der Waals surface area contributed by atoms with E-state index in [9.17, 15) is 14.9 Å². The number of nitro groups is 1. The Balaban J connectivity index is 1.61. The van der Waals surface area contributed by atoms with E-state index in [4.69, 9.17) is 9.15 Å². The lowest BCUT2D eigenvalue weighted by molar-refractivity contribution is -0.402. The van der Waals surface area contributed by atoms with E-state index in [-0.39, 0.29) is 11.7 Å². The normalized spacial score (nSPS) is 14.5. The van der Waals surface area contributed by atoms with E-state index in [1.165, 1.54) is 19.2 Å². The molecule has 2 aromatic heterocycles. The molecule has 3 heterocycles. The van der Waals surface area contributed by atoms with Gasteiger partial charge in [0, 0.05) is 32.2 Å². The number of ether oxygens (including phenoxy) is 1. The third-order valence-electron chi connectivity index (χ3n) is 3.71. The molecule has 0 aromatic carbocycles. The molecular formula is C14H15N5O5. The summed E-state index contributed by atoms with van der Waals surface area (Å²) in [4.78, 5) is 25.9. The fourth-order valence-electron chi connectivity index (χ4n) is 2.43. The highest BCUT2D eigenvalue weighted by molar-refractivity contribution is 5.92. The molecule has 0 spiro atoms. The van der Waals surface area contributed by atoms with Gasteiger partial charge in [0.25, 0.3) is 5.91 Å². The summed E-state index contributed by atoms with van der Waals surface area (Å²) in [5, 5.41) is 18.6. The number of rotatable bonds is 4. The van der Waals surface area contributed by atoms with Crippen LogP contribution in [0.1, 0.15) is 10.6 Å². The second-order valence-corrected chi connectivity index (χ2v) is 5.11. The van der Waals surface area contributed by atoms with Crippen LogP contribution in [0.15, 0.2) is 28.7 Å². The van der Waals surface area contributed by atoms with Crippen LogP contribution in [0, 0.1) is 10.1 Å². The third-order valence-corrected chi connectivity index (χ3v) is 3.71.